The number of hydrogen-bond donors (Lipinski definition) is 1. The van der Waals surface area contributed by atoms with Crippen molar-refractivity contribution < 1.29 is 21.6 Å². The van der Waals surface area contributed by atoms with Crippen LogP contribution >= 0.6 is 0 Å². The molecule has 0 spiro atoms. The van der Waals surface area contributed by atoms with Crippen LogP contribution in [-0.4, -0.2) is 63.2 Å². The number of sulfonamides is 2. The number of rotatable bonds is 4. The first-order valence-corrected chi connectivity index (χ1v) is 13.1. The van der Waals surface area contributed by atoms with Crippen molar-refractivity contribution in [1.29, 1.82) is 0 Å². The minimum atomic E-state index is -3.54. The van der Waals surface area contributed by atoms with Crippen LogP contribution in [0.3, 0.4) is 0 Å². The van der Waals surface area contributed by atoms with E-state index in [1.54, 1.807) is 23.2 Å². The average Bonchev–Trinajstić information content (AvgIpc) is 2.73. The zero-order valence-electron chi connectivity index (χ0n) is 17.1. The summed E-state index contributed by atoms with van der Waals surface area (Å²) < 4.78 is 54.0. The topological polar surface area (TPSA) is 116 Å². The molecule has 1 amide bonds. The normalized spacial score (nSPS) is 21.8. The number of carbonyl (C=O) groups is 1. The summed E-state index contributed by atoms with van der Waals surface area (Å²) in [5.41, 5.74) is 0.809. The Morgan fingerprint density at radius 1 is 1.10 bits per heavy atom. The highest BCUT2D eigenvalue weighted by Crippen LogP contribution is 2.25. The molecule has 0 aliphatic carbocycles. The Labute approximate surface area is 182 Å². The van der Waals surface area contributed by atoms with Crippen LogP contribution in [0.2, 0.25) is 0 Å². The van der Waals surface area contributed by atoms with Crippen LogP contribution in [-0.2, 0) is 24.8 Å². The highest BCUT2D eigenvalue weighted by Gasteiger charge is 2.28. The molecule has 1 N–H and O–H groups in total. The predicted octanol–water partition coefficient (Wildman–Crippen LogP) is 1.54. The van der Waals surface area contributed by atoms with E-state index in [1.807, 2.05) is 0 Å². The number of benzene rings is 1. The first-order chi connectivity index (χ1) is 14.6. The van der Waals surface area contributed by atoms with Gasteiger partial charge in [0.1, 0.15) is 5.84 Å². The Kier molecular flexibility index (Phi) is 5.75. The van der Waals surface area contributed by atoms with Crippen molar-refractivity contribution in [2.24, 2.45) is 10.3 Å². The highest BCUT2D eigenvalue weighted by atomic mass is 32.2. The maximum atomic E-state index is 12.8. The fraction of sp³-hybridized carbons (Fsp3) is 0.400. The molecule has 0 saturated carbocycles. The van der Waals surface area contributed by atoms with Gasteiger partial charge >= 0.3 is 0 Å². The van der Waals surface area contributed by atoms with Gasteiger partial charge < -0.3 is 10.2 Å². The molecule has 166 valence electrons. The molecule has 9 nitrogen and oxygen atoms in total. The Hall–Kier alpha value is -2.50. The highest BCUT2D eigenvalue weighted by molar-refractivity contribution is 7.90. The Morgan fingerprint density at radius 3 is 2.45 bits per heavy atom. The molecule has 0 unspecified atom stereocenters. The summed E-state index contributed by atoms with van der Waals surface area (Å²) >= 11 is 0. The van der Waals surface area contributed by atoms with E-state index in [9.17, 15) is 21.6 Å². The van der Waals surface area contributed by atoms with Crippen LogP contribution in [0.25, 0.3) is 0 Å². The molecular weight excluding hydrogens is 440 g/mol. The van der Waals surface area contributed by atoms with Crippen LogP contribution in [0.5, 0.6) is 0 Å². The molecule has 3 aliphatic rings. The largest absolute Gasteiger partial charge is 0.330 e. The van der Waals surface area contributed by atoms with E-state index in [4.69, 9.17) is 0 Å². The summed E-state index contributed by atoms with van der Waals surface area (Å²) in [6.45, 7) is 3.39. The molecule has 11 heteroatoms. The minimum absolute atomic E-state index is 0.110. The number of hydrogen-bond acceptors (Lipinski definition) is 6. The van der Waals surface area contributed by atoms with Gasteiger partial charge in [0.15, 0.2) is 0 Å². The van der Waals surface area contributed by atoms with Crippen LogP contribution in [0, 0.1) is 5.92 Å². The second-order valence-corrected chi connectivity index (χ2v) is 11.6. The summed E-state index contributed by atoms with van der Waals surface area (Å²) in [7, 11) is -7.00. The van der Waals surface area contributed by atoms with Gasteiger partial charge in [0, 0.05) is 31.5 Å². The predicted molar refractivity (Wildman–Crippen MR) is 117 cm³/mol. The zero-order chi connectivity index (χ0) is 22.2. The van der Waals surface area contributed by atoms with E-state index in [2.05, 4.69) is 16.6 Å². The molecule has 1 aromatic rings. The number of nitrogens with one attached hydrogen (secondary N) is 1. The minimum Gasteiger partial charge on any atom is -0.330 e. The number of amidine groups is 1. The lowest BCUT2D eigenvalue weighted by Crippen LogP contribution is -2.37. The van der Waals surface area contributed by atoms with Crippen LogP contribution < -0.4 is 5.32 Å². The van der Waals surface area contributed by atoms with Gasteiger partial charge in [-0.1, -0.05) is 6.92 Å². The van der Waals surface area contributed by atoms with Crippen molar-refractivity contribution in [1.82, 2.24) is 9.21 Å². The second kappa shape index (κ2) is 8.21. The lowest BCUT2D eigenvalue weighted by atomic mass is 10.0. The Morgan fingerprint density at radius 2 is 1.77 bits per heavy atom. The fourth-order valence-corrected chi connectivity index (χ4v) is 6.06. The Bertz CT molecular complexity index is 1180. The van der Waals surface area contributed by atoms with Crippen molar-refractivity contribution in [3.8, 4) is 0 Å². The molecule has 1 saturated heterocycles. The van der Waals surface area contributed by atoms with E-state index in [1.165, 1.54) is 28.6 Å². The monoisotopic (exact) mass is 464 g/mol. The van der Waals surface area contributed by atoms with Crippen LogP contribution in [0.4, 0.5) is 5.69 Å². The van der Waals surface area contributed by atoms with E-state index >= 15 is 0 Å². The zero-order valence-corrected chi connectivity index (χ0v) is 18.7. The van der Waals surface area contributed by atoms with E-state index < -0.39 is 20.0 Å². The molecule has 3 aliphatic heterocycles. The molecular formula is C20H24N4O5S2. The third kappa shape index (κ3) is 4.73. The average molecular weight is 465 g/mol. The van der Waals surface area contributed by atoms with Crippen molar-refractivity contribution in [2.75, 3.05) is 30.7 Å². The molecule has 31 heavy (non-hydrogen) atoms. The molecule has 3 heterocycles. The van der Waals surface area contributed by atoms with Crippen molar-refractivity contribution >= 4 is 37.5 Å². The lowest BCUT2D eigenvalue weighted by Gasteiger charge is -2.29. The summed E-state index contributed by atoms with van der Waals surface area (Å²) in [5.74, 6) is 0.319. The number of anilines is 1. The number of piperidine rings is 1. The van der Waals surface area contributed by atoms with Crippen molar-refractivity contribution in [3.05, 3.63) is 48.2 Å². The molecule has 0 radical (unpaired) electrons. The van der Waals surface area contributed by atoms with Gasteiger partial charge in [-0.15, -0.1) is 4.40 Å². The van der Waals surface area contributed by atoms with Gasteiger partial charge in [0.2, 0.25) is 10.0 Å². The van der Waals surface area contributed by atoms with Crippen molar-refractivity contribution in [3.63, 3.8) is 0 Å². The van der Waals surface area contributed by atoms with Gasteiger partial charge in [-0.05, 0) is 55.2 Å². The van der Waals surface area contributed by atoms with Gasteiger partial charge in [-0.2, -0.15) is 4.31 Å². The van der Waals surface area contributed by atoms with Gasteiger partial charge in [0.25, 0.3) is 15.9 Å². The number of carbonyl (C=O) groups excluding carboxylic acids is 1. The first-order valence-electron chi connectivity index (χ1n) is 10.0. The first kappa shape index (κ1) is 21.7. The maximum absolute atomic E-state index is 12.8. The lowest BCUT2D eigenvalue weighted by molar-refractivity contribution is -0.112. The Balaban J connectivity index is 1.43. The van der Waals surface area contributed by atoms with Crippen LogP contribution in [0.1, 0.15) is 19.8 Å². The summed E-state index contributed by atoms with van der Waals surface area (Å²) in [6.07, 6.45) is 6.25. The van der Waals surface area contributed by atoms with Crippen LogP contribution in [0.15, 0.2) is 57.5 Å². The van der Waals surface area contributed by atoms with E-state index in [0.717, 1.165) is 12.8 Å². The third-order valence-electron chi connectivity index (χ3n) is 5.58. The molecule has 1 aromatic carbocycles. The van der Waals surface area contributed by atoms with E-state index in [-0.39, 0.29) is 28.9 Å². The van der Waals surface area contributed by atoms with E-state index in [0.29, 0.717) is 30.3 Å². The third-order valence-corrected chi connectivity index (χ3v) is 8.66. The van der Waals surface area contributed by atoms with Gasteiger partial charge in [-0.25, -0.2) is 16.8 Å². The summed E-state index contributed by atoms with van der Waals surface area (Å²) in [4.78, 5) is 14.4. The molecule has 0 bridgehead atoms. The second-order valence-electron chi connectivity index (χ2n) is 7.91. The summed E-state index contributed by atoms with van der Waals surface area (Å²) in [5, 5.41) is 2.74. The summed E-state index contributed by atoms with van der Waals surface area (Å²) in [6, 6.07) is 6.11. The number of amides is 1. The van der Waals surface area contributed by atoms with Gasteiger partial charge in [0.05, 0.1) is 16.2 Å². The number of nitrogens with zero attached hydrogens (tertiary/aromatic N) is 3. The fourth-order valence-electron chi connectivity index (χ4n) is 3.62. The molecule has 0 aromatic heterocycles. The maximum Gasteiger partial charge on any atom is 0.257 e. The molecule has 0 atom stereocenters. The molecule has 1 fully saturated rings. The standard InChI is InChI=1S/C20H24N4O5S2/c1-15-8-10-24(11-9-15)31(28,29)18-5-3-17(4-6-18)21-20(25)16-2-7-19-22-30(26,27)13-12-23(19)14-16/h2-7,14-15H,8-13H2,1H3,(H,21,25). The van der Waals surface area contributed by atoms with Gasteiger partial charge in [-0.3, -0.25) is 4.79 Å². The SMILES string of the molecule is CC1CCN(S(=O)(=O)c2ccc(NC(=O)C3=CN4CCS(=O)(=O)N=C4C=C3)cc2)CC1. The number of fused-ring (bicyclic) bond motifs is 1. The molecule has 4 rings (SSSR count). The smallest absolute Gasteiger partial charge is 0.257 e. The quantitative estimate of drug-likeness (QED) is 0.723. The van der Waals surface area contributed by atoms with Crippen molar-refractivity contribution in [2.45, 2.75) is 24.7 Å².